The van der Waals surface area contributed by atoms with E-state index in [-0.39, 0.29) is 0 Å². The molecule has 2 unspecified atom stereocenters. The zero-order valence-corrected chi connectivity index (χ0v) is 14.8. The van der Waals surface area contributed by atoms with Gasteiger partial charge in [-0.25, -0.2) is 0 Å². The lowest BCUT2D eigenvalue weighted by molar-refractivity contribution is 0.475. The molecule has 0 aromatic heterocycles. The van der Waals surface area contributed by atoms with Gasteiger partial charge in [-0.05, 0) is 54.4 Å². The normalized spacial score (nSPS) is 21.7. The largest absolute Gasteiger partial charge is 0.0836 e. The van der Waals surface area contributed by atoms with Crippen LogP contribution in [0.2, 0.25) is 10.0 Å². The summed E-state index contributed by atoms with van der Waals surface area (Å²) in [5.41, 5.74) is 4.05. The van der Waals surface area contributed by atoms with Gasteiger partial charge in [0, 0.05) is 4.83 Å². The van der Waals surface area contributed by atoms with Crippen LogP contribution in [0.1, 0.15) is 34.4 Å². The zero-order valence-electron chi connectivity index (χ0n) is 11.7. The van der Waals surface area contributed by atoms with Crippen LogP contribution in [0.25, 0.3) is 0 Å². The molecule has 0 saturated carbocycles. The summed E-state index contributed by atoms with van der Waals surface area (Å²) in [6.07, 6.45) is 4.55. The molecule has 110 valence electrons. The van der Waals surface area contributed by atoms with Crippen molar-refractivity contribution in [3.05, 3.63) is 69.2 Å². The van der Waals surface area contributed by atoms with Crippen LogP contribution in [0.4, 0.5) is 0 Å². The van der Waals surface area contributed by atoms with Gasteiger partial charge in [-0.1, -0.05) is 75.5 Å². The Kier molecular flexibility index (Phi) is 4.93. The molecule has 0 spiro atoms. The molecule has 0 radical (unpaired) electrons. The maximum Gasteiger partial charge on any atom is 0.0624 e. The van der Waals surface area contributed by atoms with Gasteiger partial charge in [-0.3, -0.25) is 0 Å². The third-order valence-corrected chi connectivity index (χ3v) is 6.40. The number of hydrogen-bond acceptors (Lipinski definition) is 0. The summed E-state index contributed by atoms with van der Waals surface area (Å²) in [7, 11) is 0. The number of alkyl halides is 1. The van der Waals surface area contributed by atoms with Crippen molar-refractivity contribution in [1.82, 2.24) is 0 Å². The fraction of sp³-hybridized carbons (Fsp3) is 0.333. The Bertz CT molecular complexity index is 639. The SMILES string of the molecule is Clc1cccc(CC2CCCc3ccccc3C2Br)c1Cl. The molecule has 2 aromatic carbocycles. The van der Waals surface area contributed by atoms with Gasteiger partial charge in [0.15, 0.2) is 0 Å². The van der Waals surface area contributed by atoms with Crippen molar-refractivity contribution in [3.8, 4) is 0 Å². The Morgan fingerprint density at radius 1 is 1.05 bits per heavy atom. The van der Waals surface area contributed by atoms with Crippen molar-refractivity contribution >= 4 is 39.1 Å². The van der Waals surface area contributed by atoms with E-state index >= 15 is 0 Å². The number of fused-ring (bicyclic) bond motifs is 1. The van der Waals surface area contributed by atoms with Crippen LogP contribution < -0.4 is 0 Å². The van der Waals surface area contributed by atoms with Crippen LogP contribution in [0.5, 0.6) is 0 Å². The molecule has 2 atom stereocenters. The molecular weight excluding hydrogens is 367 g/mol. The van der Waals surface area contributed by atoms with E-state index in [9.17, 15) is 0 Å². The van der Waals surface area contributed by atoms with E-state index in [0.717, 1.165) is 18.4 Å². The van der Waals surface area contributed by atoms with Crippen molar-refractivity contribution in [2.75, 3.05) is 0 Å². The van der Waals surface area contributed by atoms with Crippen LogP contribution in [0.3, 0.4) is 0 Å². The minimum absolute atomic E-state index is 0.381. The van der Waals surface area contributed by atoms with E-state index in [0.29, 0.717) is 20.8 Å². The van der Waals surface area contributed by atoms with Gasteiger partial charge in [0.2, 0.25) is 0 Å². The summed E-state index contributed by atoms with van der Waals surface area (Å²) >= 11 is 16.4. The van der Waals surface area contributed by atoms with Gasteiger partial charge in [0.05, 0.1) is 10.0 Å². The first kappa shape index (κ1) is 15.4. The zero-order chi connectivity index (χ0) is 14.8. The average Bonchev–Trinajstić information content (AvgIpc) is 2.65. The number of benzene rings is 2. The smallest absolute Gasteiger partial charge is 0.0624 e. The molecule has 1 aliphatic rings. The van der Waals surface area contributed by atoms with Crippen molar-refractivity contribution < 1.29 is 0 Å². The minimum Gasteiger partial charge on any atom is -0.0836 e. The van der Waals surface area contributed by atoms with Crippen molar-refractivity contribution in [2.45, 2.75) is 30.5 Å². The second-order valence-corrected chi connectivity index (χ2v) is 7.44. The van der Waals surface area contributed by atoms with Crippen LogP contribution in [-0.2, 0) is 12.8 Å². The van der Waals surface area contributed by atoms with E-state index in [2.05, 4.69) is 46.3 Å². The third kappa shape index (κ3) is 3.31. The Hall–Kier alpha value is -0.500. The molecule has 0 nitrogen and oxygen atoms in total. The summed E-state index contributed by atoms with van der Waals surface area (Å²) < 4.78 is 0. The summed E-state index contributed by atoms with van der Waals surface area (Å²) in [6.45, 7) is 0. The quantitative estimate of drug-likeness (QED) is 0.403. The Labute approximate surface area is 144 Å². The highest BCUT2D eigenvalue weighted by Gasteiger charge is 2.26. The lowest BCUT2D eigenvalue weighted by atomic mass is 9.90. The second kappa shape index (κ2) is 6.73. The second-order valence-electron chi connectivity index (χ2n) is 5.67. The Balaban J connectivity index is 1.88. The maximum absolute atomic E-state index is 6.35. The molecule has 3 rings (SSSR count). The summed E-state index contributed by atoms with van der Waals surface area (Å²) in [6, 6.07) is 14.7. The first-order chi connectivity index (χ1) is 10.2. The lowest BCUT2D eigenvalue weighted by Gasteiger charge is -2.22. The van der Waals surface area contributed by atoms with Gasteiger partial charge in [0.1, 0.15) is 0 Å². The monoisotopic (exact) mass is 382 g/mol. The summed E-state index contributed by atoms with van der Waals surface area (Å²) in [5, 5.41) is 1.35. The summed E-state index contributed by atoms with van der Waals surface area (Å²) in [5.74, 6) is 0.546. The number of aryl methyl sites for hydroxylation is 1. The van der Waals surface area contributed by atoms with Gasteiger partial charge in [-0.2, -0.15) is 0 Å². The third-order valence-electron chi connectivity index (χ3n) is 4.30. The van der Waals surface area contributed by atoms with E-state index in [1.54, 1.807) is 0 Å². The number of hydrogen-bond donors (Lipinski definition) is 0. The molecule has 0 N–H and O–H groups in total. The van der Waals surface area contributed by atoms with Crippen LogP contribution >= 0.6 is 39.1 Å². The topological polar surface area (TPSA) is 0 Å². The standard InChI is InChI=1S/C18H17BrCl2/c19-17-13(11-14-8-4-10-16(20)18(14)21)7-3-6-12-5-1-2-9-15(12)17/h1-2,4-5,8-10,13,17H,3,6-7,11H2. The molecule has 0 heterocycles. The molecule has 3 heteroatoms. The molecular formula is C18H17BrCl2. The van der Waals surface area contributed by atoms with Gasteiger partial charge < -0.3 is 0 Å². The van der Waals surface area contributed by atoms with Crippen molar-refractivity contribution in [2.24, 2.45) is 5.92 Å². The Morgan fingerprint density at radius 3 is 2.71 bits per heavy atom. The van der Waals surface area contributed by atoms with Crippen molar-refractivity contribution in [1.29, 1.82) is 0 Å². The van der Waals surface area contributed by atoms with E-state index in [1.165, 1.54) is 24.0 Å². The summed E-state index contributed by atoms with van der Waals surface area (Å²) in [4.78, 5) is 0.381. The predicted molar refractivity (Wildman–Crippen MR) is 94.7 cm³/mol. The molecule has 1 aliphatic carbocycles. The minimum atomic E-state index is 0.381. The lowest BCUT2D eigenvalue weighted by Crippen LogP contribution is -2.10. The predicted octanol–water partition coefficient (Wildman–Crippen LogP) is 6.62. The first-order valence-electron chi connectivity index (χ1n) is 7.31. The molecule has 21 heavy (non-hydrogen) atoms. The van der Waals surface area contributed by atoms with Crippen molar-refractivity contribution in [3.63, 3.8) is 0 Å². The van der Waals surface area contributed by atoms with E-state index < -0.39 is 0 Å². The average molecular weight is 384 g/mol. The number of halogens is 3. The molecule has 0 bridgehead atoms. The highest BCUT2D eigenvalue weighted by Crippen LogP contribution is 2.42. The van der Waals surface area contributed by atoms with Crippen LogP contribution in [-0.4, -0.2) is 0 Å². The first-order valence-corrected chi connectivity index (χ1v) is 8.98. The van der Waals surface area contributed by atoms with Gasteiger partial charge >= 0.3 is 0 Å². The van der Waals surface area contributed by atoms with Gasteiger partial charge in [-0.15, -0.1) is 0 Å². The molecule has 0 aliphatic heterocycles. The van der Waals surface area contributed by atoms with E-state index in [1.807, 2.05) is 12.1 Å². The number of rotatable bonds is 2. The molecule has 0 fully saturated rings. The van der Waals surface area contributed by atoms with Gasteiger partial charge in [0.25, 0.3) is 0 Å². The molecule has 2 aromatic rings. The molecule has 0 saturated heterocycles. The highest BCUT2D eigenvalue weighted by atomic mass is 79.9. The fourth-order valence-corrected chi connectivity index (χ4v) is 4.48. The van der Waals surface area contributed by atoms with Crippen LogP contribution in [0, 0.1) is 5.92 Å². The maximum atomic E-state index is 6.35. The molecule has 0 amide bonds. The van der Waals surface area contributed by atoms with Crippen LogP contribution in [0.15, 0.2) is 42.5 Å². The fourth-order valence-electron chi connectivity index (χ4n) is 3.18. The Morgan fingerprint density at radius 2 is 1.86 bits per heavy atom. The highest BCUT2D eigenvalue weighted by molar-refractivity contribution is 9.09. The van der Waals surface area contributed by atoms with E-state index in [4.69, 9.17) is 23.2 Å².